The van der Waals surface area contributed by atoms with Crippen molar-refractivity contribution in [1.82, 2.24) is 0 Å². The molecule has 6 heteroatoms. The van der Waals surface area contributed by atoms with E-state index in [1.54, 1.807) is 13.9 Å². The van der Waals surface area contributed by atoms with Gasteiger partial charge in [-0.25, -0.2) is 4.39 Å². The van der Waals surface area contributed by atoms with E-state index >= 15 is 0 Å². The number of alkyl halides is 1. The molecule has 1 rings (SSSR count). The van der Waals surface area contributed by atoms with Crippen molar-refractivity contribution in [1.29, 1.82) is 0 Å². The van der Waals surface area contributed by atoms with Crippen LogP contribution >= 0.6 is 0 Å². The van der Waals surface area contributed by atoms with Crippen molar-refractivity contribution in [2.24, 2.45) is 11.0 Å². The molecule has 1 heterocycles. The van der Waals surface area contributed by atoms with Gasteiger partial charge < -0.3 is 4.74 Å². The van der Waals surface area contributed by atoms with Crippen molar-refractivity contribution < 1.29 is 9.13 Å². The monoisotopic (exact) mass is 225 g/mol. The van der Waals surface area contributed by atoms with Crippen molar-refractivity contribution in [3.05, 3.63) is 22.6 Å². The van der Waals surface area contributed by atoms with E-state index < -0.39 is 11.8 Å². The number of hydrogen-bond donors (Lipinski definition) is 0. The minimum Gasteiger partial charge on any atom is -0.373 e. The second-order valence-corrected chi connectivity index (χ2v) is 4.18. The Morgan fingerprint density at radius 1 is 1.69 bits per heavy atom. The number of rotatable bonds is 4. The summed E-state index contributed by atoms with van der Waals surface area (Å²) < 4.78 is 19.4. The van der Waals surface area contributed by atoms with Crippen LogP contribution < -0.4 is 0 Å². The van der Waals surface area contributed by atoms with E-state index in [9.17, 15) is 4.39 Å². The second-order valence-electron chi connectivity index (χ2n) is 4.18. The summed E-state index contributed by atoms with van der Waals surface area (Å²) in [6.45, 7) is 4.11. The first-order chi connectivity index (χ1) is 7.57. The van der Waals surface area contributed by atoms with E-state index in [0.717, 1.165) is 0 Å². The predicted octanol–water partition coefficient (Wildman–Crippen LogP) is 1.97. The van der Waals surface area contributed by atoms with Gasteiger partial charge in [-0.1, -0.05) is 31.1 Å². The third-order valence-electron chi connectivity index (χ3n) is 3.31. The summed E-state index contributed by atoms with van der Waals surface area (Å²) in [6, 6.07) is -0.376. The molecule has 0 bridgehead atoms. The average Bonchev–Trinajstić information content (AvgIpc) is 2.50. The number of hydrogen-bond acceptors (Lipinski definition) is 2. The van der Waals surface area contributed by atoms with Gasteiger partial charge in [0.1, 0.15) is 14.0 Å². The SMILES string of the molecule is B[C@@H]1O[C@](C=CCN=[N+]=[N-])(CC)C(C)[C@@H]1F. The first kappa shape index (κ1) is 13.1. The van der Waals surface area contributed by atoms with E-state index in [2.05, 4.69) is 10.0 Å². The third kappa shape index (κ3) is 2.39. The summed E-state index contributed by atoms with van der Waals surface area (Å²) in [5.41, 5.74) is 7.60. The molecule has 0 radical (unpaired) electrons. The molecular formula is C10H17BFN3O. The fraction of sp³-hybridized carbons (Fsp3) is 0.800. The van der Waals surface area contributed by atoms with E-state index in [1.807, 2.05) is 19.9 Å². The summed E-state index contributed by atoms with van der Waals surface area (Å²) >= 11 is 0. The zero-order valence-corrected chi connectivity index (χ0v) is 9.93. The molecule has 0 amide bonds. The molecule has 1 aliphatic heterocycles. The van der Waals surface area contributed by atoms with Gasteiger partial charge in [-0.3, -0.25) is 0 Å². The molecule has 1 fully saturated rings. The molecule has 1 aliphatic rings. The van der Waals surface area contributed by atoms with Crippen LogP contribution in [0, 0.1) is 5.92 Å². The van der Waals surface area contributed by atoms with Crippen LogP contribution in [0.4, 0.5) is 4.39 Å². The smallest absolute Gasteiger partial charge is 0.143 e. The molecule has 0 aliphatic carbocycles. The largest absolute Gasteiger partial charge is 0.373 e. The van der Waals surface area contributed by atoms with Crippen molar-refractivity contribution in [3.63, 3.8) is 0 Å². The highest BCUT2D eigenvalue weighted by molar-refractivity contribution is 6.11. The van der Waals surface area contributed by atoms with Crippen molar-refractivity contribution >= 4 is 7.85 Å². The highest BCUT2D eigenvalue weighted by atomic mass is 19.1. The molecule has 0 spiro atoms. The lowest BCUT2D eigenvalue weighted by atomic mass is 9.82. The fourth-order valence-electron chi connectivity index (χ4n) is 2.24. The number of ether oxygens (including phenoxy) is 1. The summed E-state index contributed by atoms with van der Waals surface area (Å²) in [4.78, 5) is 2.66. The molecule has 16 heavy (non-hydrogen) atoms. The van der Waals surface area contributed by atoms with Crippen molar-refractivity contribution in [3.8, 4) is 0 Å². The van der Waals surface area contributed by atoms with Gasteiger partial charge in [0.05, 0.1) is 11.6 Å². The van der Waals surface area contributed by atoms with E-state index in [1.165, 1.54) is 0 Å². The molecule has 88 valence electrons. The first-order valence-corrected chi connectivity index (χ1v) is 5.58. The quantitative estimate of drug-likeness (QED) is 0.237. The van der Waals surface area contributed by atoms with Crippen LogP contribution in [0.1, 0.15) is 20.3 Å². The Morgan fingerprint density at radius 3 is 2.81 bits per heavy atom. The maximum Gasteiger partial charge on any atom is 0.143 e. The molecular weight excluding hydrogens is 208 g/mol. The summed E-state index contributed by atoms with van der Waals surface area (Å²) in [7, 11) is 1.75. The van der Waals surface area contributed by atoms with Crippen LogP contribution in [0.2, 0.25) is 0 Å². The van der Waals surface area contributed by atoms with Gasteiger partial charge in [-0.05, 0) is 12.0 Å². The average molecular weight is 225 g/mol. The molecule has 1 saturated heterocycles. The topological polar surface area (TPSA) is 58.0 Å². The Balaban J connectivity index is 2.78. The van der Waals surface area contributed by atoms with Gasteiger partial charge >= 0.3 is 0 Å². The first-order valence-electron chi connectivity index (χ1n) is 5.58. The molecule has 0 saturated carbocycles. The second kappa shape index (κ2) is 5.37. The molecule has 4 nitrogen and oxygen atoms in total. The van der Waals surface area contributed by atoms with Gasteiger partial charge in [0.25, 0.3) is 0 Å². The lowest BCUT2D eigenvalue weighted by molar-refractivity contribution is 0.00504. The minimum atomic E-state index is -0.941. The standard InChI is InChI=1S/C10H17BFN3O/c1-3-10(5-4-6-14-15-13)7(2)8(12)9(11)16-10/h4-5,7-9H,3,6,11H2,1-2H3/t7?,8-,9+,10-/m0/s1. The Kier molecular flexibility index (Phi) is 4.39. The fourth-order valence-corrected chi connectivity index (χ4v) is 2.24. The summed E-state index contributed by atoms with van der Waals surface area (Å²) in [6.07, 6.45) is 3.35. The molecule has 1 unspecified atom stereocenters. The maximum atomic E-state index is 13.7. The van der Waals surface area contributed by atoms with Gasteiger partial charge in [-0.2, -0.15) is 0 Å². The Hall–Kier alpha value is -0.995. The van der Waals surface area contributed by atoms with Crippen LogP contribution in [0.15, 0.2) is 17.3 Å². The van der Waals surface area contributed by atoms with Crippen LogP contribution in [-0.2, 0) is 4.74 Å². The Bertz CT molecular complexity index is 319. The van der Waals surface area contributed by atoms with Gasteiger partial charge in [-0.15, -0.1) is 0 Å². The van der Waals surface area contributed by atoms with Crippen LogP contribution in [0.25, 0.3) is 10.4 Å². The predicted molar refractivity (Wildman–Crippen MR) is 63.7 cm³/mol. The van der Waals surface area contributed by atoms with Gasteiger partial charge in [0, 0.05) is 17.4 Å². The minimum absolute atomic E-state index is 0.171. The Morgan fingerprint density at radius 2 is 2.38 bits per heavy atom. The molecule has 0 N–H and O–H groups in total. The lowest BCUT2D eigenvalue weighted by Gasteiger charge is -2.28. The molecule has 4 atom stereocenters. The van der Waals surface area contributed by atoms with E-state index in [0.29, 0.717) is 6.42 Å². The highest BCUT2D eigenvalue weighted by Gasteiger charge is 2.48. The zero-order valence-electron chi connectivity index (χ0n) is 9.93. The highest BCUT2D eigenvalue weighted by Crippen LogP contribution is 2.40. The third-order valence-corrected chi connectivity index (χ3v) is 3.31. The van der Waals surface area contributed by atoms with Crippen LogP contribution in [-0.4, -0.2) is 32.2 Å². The van der Waals surface area contributed by atoms with E-state index in [4.69, 9.17) is 10.3 Å². The van der Waals surface area contributed by atoms with Gasteiger partial charge in [0.15, 0.2) is 0 Å². The number of azide groups is 1. The zero-order chi connectivity index (χ0) is 12.2. The van der Waals surface area contributed by atoms with Crippen LogP contribution in [0.5, 0.6) is 0 Å². The number of halogens is 1. The summed E-state index contributed by atoms with van der Waals surface area (Å²) in [5, 5.41) is 3.41. The maximum absolute atomic E-state index is 13.7. The molecule has 0 aromatic rings. The Labute approximate surface area is 95.9 Å². The van der Waals surface area contributed by atoms with Gasteiger partial charge in [0.2, 0.25) is 0 Å². The van der Waals surface area contributed by atoms with Crippen molar-refractivity contribution in [2.75, 3.05) is 6.54 Å². The molecule has 0 aromatic carbocycles. The summed E-state index contributed by atoms with van der Waals surface area (Å²) in [5.74, 6) is -0.171. The normalized spacial score (nSPS) is 38.8. The lowest BCUT2D eigenvalue weighted by Crippen LogP contribution is -2.32. The van der Waals surface area contributed by atoms with Crippen molar-refractivity contribution in [2.45, 2.75) is 38.0 Å². The molecule has 0 aromatic heterocycles. The number of nitrogens with zero attached hydrogens (tertiary/aromatic N) is 3. The van der Waals surface area contributed by atoms with Crippen LogP contribution in [0.3, 0.4) is 0 Å². The van der Waals surface area contributed by atoms with E-state index in [-0.39, 0.29) is 18.5 Å².